The molecule has 0 saturated heterocycles. The Kier molecular flexibility index (Phi) is 3.04. The minimum atomic E-state index is -0.669. The molecule has 0 aliphatic rings. The van der Waals surface area contributed by atoms with E-state index < -0.39 is 6.09 Å². The molecule has 0 spiro atoms. The van der Waals surface area contributed by atoms with E-state index in [0.29, 0.717) is 0 Å². The summed E-state index contributed by atoms with van der Waals surface area (Å²) in [7, 11) is 0. The molecule has 1 rings (SSSR count). The molecule has 0 radical (unpaired) electrons. The van der Waals surface area contributed by atoms with Crippen molar-refractivity contribution in [1.29, 1.82) is 0 Å². The van der Waals surface area contributed by atoms with Crippen molar-refractivity contribution in [1.82, 2.24) is 9.66 Å². The minimum Gasteiger partial charge on any atom is -0.443 e. The number of imidazole rings is 1. The zero-order valence-electron chi connectivity index (χ0n) is 6.96. The number of nitrogens with zero attached hydrogens (tertiary/aromatic N) is 3. The fraction of sp³-hybridized carbons (Fsp3) is 0.143. The van der Waals surface area contributed by atoms with E-state index in [1.54, 1.807) is 0 Å². The van der Waals surface area contributed by atoms with E-state index in [9.17, 15) is 4.79 Å². The fourth-order valence-electron chi connectivity index (χ4n) is 0.670. The summed E-state index contributed by atoms with van der Waals surface area (Å²) < 4.78 is 5.97. The SMILES string of the molecule is C=CCOC(=O)N(N)n1ccnc1. The van der Waals surface area contributed by atoms with Crippen molar-refractivity contribution >= 4 is 6.09 Å². The molecule has 0 bridgehead atoms. The first-order chi connectivity index (χ1) is 6.25. The third-order valence-electron chi connectivity index (χ3n) is 1.25. The van der Waals surface area contributed by atoms with Gasteiger partial charge in [0, 0.05) is 12.4 Å². The van der Waals surface area contributed by atoms with Crippen LogP contribution in [0.3, 0.4) is 0 Å². The number of hydrazine groups is 1. The summed E-state index contributed by atoms with van der Waals surface area (Å²) in [5.74, 6) is 5.37. The van der Waals surface area contributed by atoms with Gasteiger partial charge in [0.1, 0.15) is 12.9 Å². The Balaban J connectivity index is 2.52. The Morgan fingerprint density at radius 3 is 3.15 bits per heavy atom. The Morgan fingerprint density at radius 2 is 2.62 bits per heavy atom. The number of carbonyl (C=O) groups is 1. The molecule has 1 heterocycles. The highest BCUT2D eigenvalue weighted by Gasteiger charge is 2.10. The van der Waals surface area contributed by atoms with Gasteiger partial charge in [-0.25, -0.2) is 20.3 Å². The molecule has 70 valence electrons. The van der Waals surface area contributed by atoms with Crippen LogP contribution in [0.15, 0.2) is 31.4 Å². The molecule has 0 aliphatic carbocycles. The van der Waals surface area contributed by atoms with Crippen molar-refractivity contribution in [3.05, 3.63) is 31.4 Å². The van der Waals surface area contributed by atoms with Gasteiger partial charge in [0.15, 0.2) is 0 Å². The van der Waals surface area contributed by atoms with Gasteiger partial charge in [-0.1, -0.05) is 12.7 Å². The molecule has 0 aliphatic heterocycles. The first kappa shape index (κ1) is 9.27. The number of hydrogen-bond donors (Lipinski definition) is 1. The zero-order valence-corrected chi connectivity index (χ0v) is 6.96. The monoisotopic (exact) mass is 182 g/mol. The molecule has 1 amide bonds. The van der Waals surface area contributed by atoms with Crippen LogP contribution in [-0.2, 0) is 4.74 Å². The number of rotatable bonds is 3. The molecular weight excluding hydrogens is 172 g/mol. The van der Waals surface area contributed by atoms with Crippen molar-refractivity contribution in [3.8, 4) is 0 Å². The van der Waals surface area contributed by atoms with Crippen LogP contribution < -0.4 is 11.0 Å². The number of amides is 1. The second kappa shape index (κ2) is 4.27. The molecular formula is C7H10N4O2. The molecule has 0 aromatic carbocycles. The van der Waals surface area contributed by atoms with Gasteiger partial charge in [0.25, 0.3) is 0 Å². The fourth-order valence-corrected chi connectivity index (χ4v) is 0.670. The first-order valence-corrected chi connectivity index (χ1v) is 3.56. The molecule has 13 heavy (non-hydrogen) atoms. The molecule has 0 atom stereocenters. The molecule has 1 aromatic heterocycles. The maximum Gasteiger partial charge on any atom is 0.444 e. The second-order valence-electron chi connectivity index (χ2n) is 2.15. The van der Waals surface area contributed by atoms with E-state index in [4.69, 9.17) is 5.84 Å². The number of ether oxygens (including phenoxy) is 1. The van der Waals surface area contributed by atoms with Crippen molar-refractivity contribution in [3.63, 3.8) is 0 Å². The van der Waals surface area contributed by atoms with Crippen LogP contribution in [0.25, 0.3) is 0 Å². The Morgan fingerprint density at radius 1 is 1.85 bits per heavy atom. The average molecular weight is 182 g/mol. The molecule has 0 unspecified atom stereocenters. The second-order valence-corrected chi connectivity index (χ2v) is 2.15. The highest BCUT2D eigenvalue weighted by Crippen LogP contribution is 1.89. The lowest BCUT2D eigenvalue weighted by atomic mass is 10.7. The summed E-state index contributed by atoms with van der Waals surface area (Å²) >= 11 is 0. The molecule has 1 aromatic rings. The number of nitrogens with two attached hydrogens (primary N) is 1. The largest absolute Gasteiger partial charge is 0.444 e. The van der Waals surface area contributed by atoms with Crippen LogP contribution in [0, 0.1) is 0 Å². The van der Waals surface area contributed by atoms with E-state index in [-0.39, 0.29) is 6.61 Å². The van der Waals surface area contributed by atoms with Crippen LogP contribution in [0.4, 0.5) is 4.79 Å². The average Bonchev–Trinajstić information content (AvgIpc) is 2.65. The standard InChI is InChI=1S/C7H10N4O2/c1-2-5-13-7(12)11(8)10-4-3-9-6-10/h2-4,6H,1,5,8H2. The third kappa shape index (κ3) is 2.31. The first-order valence-electron chi connectivity index (χ1n) is 3.56. The van der Waals surface area contributed by atoms with E-state index >= 15 is 0 Å². The zero-order chi connectivity index (χ0) is 9.68. The van der Waals surface area contributed by atoms with Crippen LogP contribution in [0.2, 0.25) is 0 Å². The number of aromatic nitrogens is 2. The van der Waals surface area contributed by atoms with Crippen molar-refractivity contribution in [2.75, 3.05) is 11.7 Å². The van der Waals surface area contributed by atoms with Crippen molar-refractivity contribution in [2.45, 2.75) is 0 Å². The predicted octanol–water partition coefficient (Wildman–Crippen LogP) is 0.0174. The van der Waals surface area contributed by atoms with Gasteiger partial charge >= 0.3 is 6.09 Å². The Labute approximate surface area is 75.2 Å². The summed E-state index contributed by atoms with van der Waals surface area (Å²) in [6.45, 7) is 3.53. The summed E-state index contributed by atoms with van der Waals surface area (Å²) in [4.78, 5) is 14.8. The summed E-state index contributed by atoms with van der Waals surface area (Å²) in [5.41, 5.74) is 0. The minimum absolute atomic E-state index is 0.126. The van der Waals surface area contributed by atoms with E-state index in [2.05, 4.69) is 16.3 Å². The maximum absolute atomic E-state index is 11.1. The van der Waals surface area contributed by atoms with E-state index in [1.165, 1.54) is 29.5 Å². The Bertz CT molecular complexity index is 283. The van der Waals surface area contributed by atoms with E-state index in [0.717, 1.165) is 5.12 Å². The van der Waals surface area contributed by atoms with Gasteiger partial charge in [0.2, 0.25) is 0 Å². The van der Waals surface area contributed by atoms with Gasteiger partial charge in [-0.3, -0.25) is 0 Å². The molecule has 6 nitrogen and oxygen atoms in total. The van der Waals surface area contributed by atoms with Crippen LogP contribution >= 0.6 is 0 Å². The highest BCUT2D eigenvalue weighted by atomic mass is 16.6. The van der Waals surface area contributed by atoms with Crippen LogP contribution in [0.5, 0.6) is 0 Å². The lowest BCUT2D eigenvalue weighted by Crippen LogP contribution is -2.46. The quantitative estimate of drug-likeness (QED) is 0.309. The highest BCUT2D eigenvalue weighted by molar-refractivity contribution is 5.77. The summed E-state index contributed by atoms with van der Waals surface area (Å²) in [6, 6.07) is 0. The lowest BCUT2D eigenvalue weighted by molar-refractivity contribution is 0.159. The normalized spacial score (nSPS) is 9.31. The van der Waals surface area contributed by atoms with Gasteiger partial charge in [-0.2, -0.15) is 0 Å². The van der Waals surface area contributed by atoms with Crippen molar-refractivity contribution in [2.24, 2.45) is 5.84 Å². The Hall–Kier alpha value is -1.82. The van der Waals surface area contributed by atoms with Crippen molar-refractivity contribution < 1.29 is 9.53 Å². The molecule has 0 fully saturated rings. The number of carbonyl (C=O) groups excluding carboxylic acids is 1. The summed E-state index contributed by atoms with van der Waals surface area (Å²) in [5, 5.41) is 0.802. The third-order valence-corrected chi connectivity index (χ3v) is 1.25. The molecule has 6 heteroatoms. The van der Waals surface area contributed by atoms with Crippen LogP contribution in [-0.4, -0.2) is 22.4 Å². The lowest BCUT2D eigenvalue weighted by Gasteiger charge is -2.15. The van der Waals surface area contributed by atoms with Gasteiger partial charge in [-0.05, 0) is 0 Å². The maximum atomic E-state index is 11.1. The predicted molar refractivity (Wildman–Crippen MR) is 46.2 cm³/mol. The number of hydrogen-bond acceptors (Lipinski definition) is 4. The van der Waals surface area contributed by atoms with Crippen LogP contribution in [0.1, 0.15) is 0 Å². The summed E-state index contributed by atoms with van der Waals surface area (Å²) in [6.07, 6.45) is 5.20. The topological polar surface area (TPSA) is 73.4 Å². The smallest absolute Gasteiger partial charge is 0.443 e. The van der Waals surface area contributed by atoms with Gasteiger partial charge in [-0.15, -0.1) is 5.12 Å². The van der Waals surface area contributed by atoms with E-state index in [1.807, 2.05) is 0 Å². The molecule has 0 saturated carbocycles. The van der Waals surface area contributed by atoms with Gasteiger partial charge < -0.3 is 4.74 Å². The molecule has 2 N–H and O–H groups in total. The van der Waals surface area contributed by atoms with Gasteiger partial charge in [0.05, 0.1) is 0 Å².